The van der Waals surface area contributed by atoms with Gasteiger partial charge in [0, 0.05) is 14.4 Å². The minimum absolute atomic E-state index is 0.140. The van der Waals surface area contributed by atoms with Gasteiger partial charge in [0.15, 0.2) is 0 Å². The zero-order chi connectivity index (χ0) is 16.4. The van der Waals surface area contributed by atoms with Crippen LogP contribution in [0.1, 0.15) is 63.5 Å². The summed E-state index contributed by atoms with van der Waals surface area (Å²) in [5, 5.41) is 2.77. The van der Waals surface area contributed by atoms with E-state index >= 15 is 0 Å². The van der Waals surface area contributed by atoms with Gasteiger partial charge in [0.05, 0.1) is 0 Å². The van der Waals surface area contributed by atoms with Crippen LogP contribution in [0.4, 0.5) is 0 Å². The number of fused-ring (bicyclic) bond motifs is 3. The zero-order valence-corrected chi connectivity index (χ0v) is 17.1. The maximum atomic E-state index is 3.99. The molecule has 0 radical (unpaired) electrons. The van der Waals surface area contributed by atoms with Crippen molar-refractivity contribution in [2.45, 2.75) is 57.8 Å². The number of rotatable bonds is 6. The van der Waals surface area contributed by atoms with E-state index in [2.05, 4.69) is 82.1 Å². The van der Waals surface area contributed by atoms with Crippen molar-refractivity contribution in [2.75, 3.05) is 0 Å². The van der Waals surface area contributed by atoms with Gasteiger partial charge in [-0.3, -0.25) is 0 Å². The van der Waals surface area contributed by atoms with E-state index in [1.54, 1.807) is 0 Å². The fourth-order valence-corrected chi connectivity index (χ4v) is 5.48. The van der Waals surface area contributed by atoms with Gasteiger partial charge < -0.3 is 0 Å². The second kappa shape index (κ2) is 7.11. The summed E-state index contributed by atoms with van der Waals surface area (Å²) in [6, 6.07) is 13.4. The van der Waals surface area contributed by atoms with E-state index in [-0.39, 0.29) is 5.41 Å². The Hall–Kier alpha value is -0.600. The third kappa shape index (κ3) is 2.82. The van der Waals surface area contributed by atoms with E-state index in [9.17, 15) is 0 Å². The summed E-state index contributed by atoms with van der Waals surface area (Å²) in [5.74, 6) is 0. The van der Waals surface area contributed by atoms with E-state index in [1.165, 1.54) is 69.4 Å². The van der Waals surface area contributed by atoms with Gasteiger partial charge in [0.2, 0.25) is 0 Å². The standard InChI is InChI=1S/C21H24Br2/c1-3-5-13-21(14-6-4-2)18-16-10-8-7-9-15(16)11-12-17(18)19(22)20(21)23/h7-12H,3-6,13-14H2,1-2H3. The first-order valence-electron chi connectivity index (χ1n) is 8.74. The van der Waals surface area contributed by atoms with Crippen molar-refractivity contribution in [3.63, 3.8) is 0 Å². The van der Waals surface area contributed by atoms with Gasteiger partial charge >= 0.3 is 0 Å². The largest absolute Gasteiger partial charge is 0.0654 e. The van der Waals surface area contributed by atoms with Gasteiger partial charge in [-0.05, 0) is 50.7 Å². The predicted molar refractivity (Wildman–Crippen MR) is 109 cm³/mol. The van der Waals surface area contributed by atoms with Gasteiger partial charge in [0.25, 0.3) is 0 Å². The smallest absolute Gasteiger partial charge is 0.0361 e. The summed E-state index contributed by atoms with van der Waals surface area (Å²) < 4.78 is 2.61. The maximum absolute atomic E-state index is 3.99. The second-order valence-corrected chi connectivity index (χ2v) is 8.21. The number of unbranched alkanes of at least 4 members (excludes halogenated alkanes) is 2. The van der Waals surface area contributed by atoms with Crippen molar-refractivity contribution in [1.82, 2.24) is 0 Å². The molecule has 0 nitrogen and oxygen atoms in total. The molecule has 0 aromatic heterocycles. The Kier molecular flexibility index (Phi) is 5.32. The van der Waals surface area contributed by atoms with Crippen LogP contribution in [0, 0.1) is 0 Å². The SMILES string of the molecule is CCCCC1(CCCC)C(Br)=C(Br)c2ccc3ccccc3c21. The highest BCUT2D eigenvalue weighted by Gasteiger charge is 2.43. The predicted octanol–water partition coefficient (Wildman–Crippen LogP) is 7.93. The van der Waals surface area contributed by atoms with E-state index in [1.807, 2.05) is 0 Å². The fraction of sp³-hybridized carbons (Fsp3) is 0.429. The molecule has 2 heteroatoms. The molecule has 0 atom stereocenters. The Bertz CT molecular complexity index is 735. The highest BCUT2D eigenvalue weighted by Crippen LogP contribution is 2.58. The number of halogens is 2. The lowest BCUT2D eigenvalue weighted by Crippen LogP contribution is -2.25. The van der Waals surface area contributed by atoms with Crippen LogP contribution in [0.25, 0.3) is 15.3 Å². The average molecular weight is 436 g/mol. The van der Waals surface area contributed by atoms with Gasteiger partial charge in [-0.15, -0.1) is 0 Å². The van der Waals surface area contributed by atoms with Crippen molar-refractivity contribution in [2.24, 2.45) is 0 Å². The van der Waals surface area contributed by atoms with E-state index in [4.69, 9.17) is 0 Å². The average Bonchev–Trinajstić information content (AvgIpc) is 2.80. The molecule has 0 N–H and O–H groups in total. The van der Waals surface area contributed by atoms with Crippen LogP contribution in [-0.2, 0) is 5.41 Å². The quantitative estimate of drug-likeness (QED) is 0.432. The van der Waals surface area contributed by atoms with Crippen molar-refractivity contribution < 1.29 is 0 Å². The first-order chi connectivity index (χ1) is 11.2. The van der Waals surface area contributed by atoms with E-state index < -0.39 is 0 Å². The summed E-state index contributed by atoms with van der Waals surface area (Å²) in [5.41, 5.74) is 3.06. The van der Waals surface area contributed by atoms with Crippen molar-refractivity contribution in [1.29, 1.82) is 0 Å². The van der Waals surface area contributed by atoms with Crippen LogP contribution in [0.2, 0.25) is 0 Å². The van der Waals surface area contributed by atoms with Crippen molar-refractivity contribution in [3.8, 4) is 0 Å². The normalized spacial score (nSPS) is 16.2. The minimum Gasteiger partial charge on any atom is -0.0654 e. The number of benzene rings is 2. The van der Waals surface area contributed by atoms with Crippen LogP contribution >= 0.6 is 31.9 Å². The van der Waals surface area contributed by atoms with Gasteiger partial charge in [-0.1, -0.05) is 91.9 Å². The van der Waals surface area contributed by atoms with Crippen molar-refractivity contribution >= 4 is 47.1 Å². The Morgan fingerprint density at radius 3 is 2.17 bits per heavy atom. The van der Waals surface area contributed by atoms with Crippen LogP contribution in [0.5, 0.6) is 0 Å². The number of hydrogen-bond acceptors (Lipinski definition) is 0. The molecular weight excluding hydrogens is 412 g/mol. The summed E-state index contributed by atoms with van der Waals surface area (Å²) in [7, 11) is 0. The number of allylic oxidation sites excluding steroid dienone is 1. The highest BCUT2D eigenvalue weighted by molar-refractivity contribution is 9.16. The molecule has 0 amide bonds. The monoisotopic (exact) mass is 434 g/mol. The Morgan fingerprint density at radius 2 is 1.52 bits per heavy atom. The molecule has 23 heavy (non-hydrogen) atoms. The maximum Gasteiger partial charge on any atom is 0.0361 e. The molecule has 1 aliphatic rings. The molecule has 0 saturated carbocycles. The van der Waals surface area contributed by atoms with Gasteiger partial charge in [0.1, 0.15) is 0 Å². The summed E-state index contributed by atoms with van der Waals surface area (Å²) >= 11 is 7.87. The molecule has 0 spiro atoms. The van der Waals surface area contributed by atoms with Crippen LogP contribution in [0.15, 0.2) is 40.9 Å². The molecule has 1 aliphatic carbocycles. The summed E-state index contributed by atoms with van der Waals surface area (Å²) in [4.78, 5) is 0. The zero-order valence-electron chi connectivity index (χ0n) is 14.0. The minimum atomic E-state index is 0.140. The molecule has 2 aromatic carbocycles. The lowest BCUT2D eigenvalue weighted by molar-refractivity contribution is 0.424. The molecule has 0 saturated heterocycles. The molecule has 0 unspecified atom stereocenters. The fourth-order valence-electron chi connectivity index (χ4n) is 3.96. The van der Waals surface area contributed by atoms with Gasteiger partial charge in [-0.25, -0.2) is 0 Å². The van der Waals surface area contributed by atoms with Crippen molar-refractivity contribution in [3.05, 3.63) is 52.0 Å². The lowest BCUT2D eigenvalue weighted by Gasteiger charge is -2.33. The molecule has 0 fully saturated rings. The van der Waals surface area contributed by atoms with Crippen LogP contribution in [0.3, 0.4) is 0 Å². The molecule has 122 valence electrons. The topological polar surface area (TPSA) is 0 Å². The summed E-state index contributed by atoms with van der Waals surface area (Å²) in [6.45, 7) is 4.58. The Balaban J connectivity index is 2.26. The first kappa shape index (κ1) is 17.2. The van der Waals surface area contributed by atoms with Crippen LogP contribution < -0.4 is 0 Å². The summed E-state index contributed by atoms with van der Waals surface area (Å²) in [6.07, 6.45) is 7.46. The molecule has 0 bridgehead atoms. The molecule has 2 aromatic rings. The van der Waals surface area contributed by atoms with Crippen LogP contribution in [-0.4, -0.2) is 0 Å². The highest BCUT2D eigenvalue weighted by atomic mass is 79.9. The molecule has 0 heterocycles. The number of hydrogen-bond donors (Lipinski definition) is 0. The lowest BCUT2D eigenvalue weighted by atomic mass is 9.73. The Morgan fingerprint density at radius 1 is 0.870 bits per heavy atom. The molecule has 3 rings (SSSR count). The Labute approximate surface area is 156 Å². The second-order valence-electron chi connectivity index (χ2n) is 6.63. The van der Waals surface area contributed by atoms with E-state index in [0.29, 0.717) is 0 Å². The van der Waals surface area contributed by atoms with Gasteiger partial charge in [-0.2, -0.15) is 0 Å². The third-order valence-corrected chi connectivity index (χ3v) is 7.68. The first-order valence-corrected chi connectivity index (χ1v) is 10.3. The third-order valence-electron chi connectivity index (χ3n) is 5.17. The molecule has 0 aliphatic heterocycles. The van der Waals surface area contributed by atoms with E-state index in [0.717, 1.165) is 0 Å². The molecular formula is C21H24Br2.